The molecule has 6 heteroatoms. The molecule has 0 aromatic heterocycles. The van der Waals surface area contributed by atoms with Gasteiger partial charge in [0.05, 0.1) is 12.1 Å². The minimum atomic E-state index is -4.69. The number of ether oxygens (including phenoxy) is 2. The predicted octanol–water partition coefficient (Wildman–Crippen LogP) is 2.86. The fourth-order valence-electron chi connectivity index (χ4n) is 2.24. The van der Waals surface area contributed by atoms with Crippen LogP contribution in [-0.2, 0) is 11.3 Å². The van der Waals surface area contributed by atoms with Gasteiger partial charge in [-0.05, 0) is 30.5 Å². The molecule has 0 spiro atoms. The summed E-state index contributed by atoms with van der Waals surface area (Å²) in [7, 11) is 0. The zero-order valence-electron chi connectivity index (χ0n) is 11.3. The van der Waals surface area contributed by atoms with Gasteiger partial charge in [0.15, 0.2) is 0 Å². The summed E-state index contributed by atoms with van der Waals surface area (Å²) in [5.74, 6) is 2.38. The van der Waals surface area contributed by atoms with Gasteiger partial charge in [0.2, 0.25) is 0 Å². The van der Waals surface area contributed by atoms with Gasteiger partial charge in [-0.25, -0.2) is 0 Å². The van der Waals surface area contributed by atoms with Crippen LogP contribution in [0.4, 0.5) is 13.2 Å². The molecular weight excluding hydrogens is 283 g/mol. The molecule has 21 heavy (non-hydrogen) atoms. The molecule has 1 aromatic carbocycles. The number of hydrogen-bond donors (Lipinski definition) is 1. The third kappa shape index (κ3) is 4.96. The smallest absolute Gasteiger partial charge is 0.406 e. The van der Waals surface area contributed by atoms with Gasteiger partial charge in [-0.1, -0.05) is 18.1 Å². The third-order valence-electron chi connectivity index (χ3n) is 3.17. The summed E-state index contributed by atoms with van der Waals surface area (Å²) in [6.07, 6.45) is 2.60. The average molecular weight is 299 g/mol. The average Bonchev–Trinajstić information content (AvgIpc) is 2.92. The number of rotatable bonds is 5. The second-order valence-electron chi connectivity index (χ2n) is 4.77. The van der Waals surface area contributed by atoms with Crippen molar-refractivity contribution in [2.45, 2.75) is 37.9 Å². The van der Waals surface area contributed by atoms with Crippen molar-refractivity contribution < 1.29 is 22.6 Å². The highest BCUT2D eigenvalue weighted by Crippen LogP contribution is 2.23. The van der Waals surface area contributed by atoms with Gasteiger partial charge in [-0.2, -0.15) is 0 Å². The molecule has 1 saturated heterocycles. The topological polar surface area (TPSA) is 30.5 Å². The summed E-state index contributed by atoms with van der Waals surface area (Å²) in [4.78, 5) is 0. The van der Waals surface area contributed by atoms with Crippen LogP contribution in [0.2, 0.25) is 0 Å². The van der Waals surface area contributed by atoms with Crippen molar-refractivity contribution in [3.8, 4) is 18.1 Å². The summed E-state index contributed by atoms with van der Waals surface area (Å²) in [6.45, 7) is 1.04. The number of nitrogens with one attached hydrogen (secondary N) is 1. The van der Waals surface area contributed by atoms with Gasteiger partial charge >= 0.3 is 6.36 Å². The number of hydrogen-bond acceptors (Lipinski definition) is 3. The first-order valence-electron chi connectivity index (χ1n) is 6.64. The van der Waals surface area contributed by atoms with Crippen LogP contribution < -0.4 is 10.1 Å². The first-order valence-corrected chi connectivity index (χ1v) is 6.64. The Labute approximate surface area is 121 Å². The quantitative estimate of drug-likeness (QED) is 0.848. The van der Waals surface area contributed by atoms with Crippen LogP contribution in [0.1, 0.15) is 18.4 Å². The fourth-order valence-corrected chi connectivity index (χ4v) is 2.24. The first kappa shape index (κ1) is 15.7. The molecule has 2 atom stereocenters. The highest BCUT2D eigenvalue weighted by molar-refractivity contribution is 5.28. The molecule has 1 N–H and O–H groups in total. The van der Waals surface area contributed by atoms with Gasteiger partial charge in [0.25, 0.3) is 0 Å². The number of terminal acetylenes is 1. The molecule has 0 saturated carbocycles. The van der Waals surface area contributed by atoms with Crippen LogP contribution in [0.15, 0.2) is 24.3 Å². The highest BCUT2D eigenvalue weighted by Gasteiger charge is 2.31. The molecule has 2 rings (SSSR count). The van der Waals surface area contributed by atoms with E-state index >= 15 is 0 Å². The van der Waals surface area contributed by atoms with Gasteiger partial charge in [-0.15, -0.1) is 19.6 Å². The minimum absolute atomic E-state index is 0.0374. The van der Waals surface area contributed by atoms with Crippen molar-refractivity contribution >= 4 is 0 Å². The van der Waals surface area contributed by atoms with E-state index in [0.29, 0.717) is 18.7 Å². The number of benzene rings is 1. The molecule has 1 aliphatic heterocycles. The highest BCUT2D eigenvalue weighted by atomic mass is 19.4. The molecule has 0 radical (unpaired) electrons. The Bertz CT molecular complexity index is 504. The van der Waals surface area contributed by atoms with E-state index in [2.05, 4.69) is 16.0 Å². The summed E-state index contributed by atoms with van der Waals surface area (Å²) in [5.41, 5.74) is 0.662. The standard InChI is InChI=1S/C15H16F3NO2/c1-2-13(14-7-4-8-20-14)19-10-11-5-3-6-12(9-11)21-15(16,17)18/h1,3,5-6,9,13-14,19H,4,7-8,10H2/t13-,14-/m0/s1. The Kier molecular flexibility index (Phi) is 5.10. The van der Waals surface area contributed by atoms with Crippen molar-refractivity contribution in [2.75, 3.05) is 6.61 Å². The molecular formula is C15H16F3NO2. The molecule has 0 aliphatic carbocycles. The molecule has 1 aliphatic rings. The maximum Gasteiger partial charge on any atom is 0.573 e. The lowest BCUT2D eigenvalue weighted by Gasteiger charge is -2.19. The molecule has 1 fully saturated rings. The molecule has 0 bridgehead atoms. The Morgan fingerprint density at radius 3 is 2.90 bits per heavy atom. The van der Waals surface area contributed by atoms with E-state index in [-0.39, 0.29) is 17.9 Å². The third-order valence-corrected chi connectivity index (χ3v) is 3.17. The van der Waals surface area contributed by atoms with E-state index in [9.17, 15) is 13.2 Å². The summed E-state index contributed by atoms with van der Waals surface area (Å²) in [6, 6.07) is 5.56. The van der Waals surface area contributed by atoms with Gasteiger partial charge in [-0.3, -0.25) is 5.32 Å². The summed E-state index contributed by atoms with van der Waals surface area (Å²) < 4.78 is 45.9. The molecule has 1 heterocycles. The van der Waals surface area contributed by atoms with Gasteiger partial charge < -0.3 is 9.47 Å². The van der Waals surface area contributed by atoms with Crippen LogP contribution in [0.3, 0.4) is 0 Å². The predicted molar refractivity (Wildman–Crippen MR) is 71.6 cm³/mol. The normalized spacial score (nSPS) is 20.0. The summed E-state index contributed by atoms with van der Waals surface area (Å²) in [5, 5.41) is 3.12. The van der Waals surface area contributed by atoms with E-state index in [4.69, 9.17) is 11.2 Å². The van der Waals surface area contributed by atoms with Crippen LogP contribution in [0.25, 0.3) is 0 Å². The maximum absolute atomic E-state index is 12.2. The molecule has 1 aromatic rings. The van der Waals surface area contributed by atoms with Crippen molar-refractivity contribution in [3.63, 3.8) is 0 Å². The summed E-state index contributed by atoms with van der Waals surface area (Å²) >= 11 is 0. The maximum atomic E-state index is 12.2. The molecule has 3 nitrogen and oxygen atoms in total. The Morgan fingerprint density at radius 2 is 2.29 bits per heavy atom. The first-order chi connectivity index (χ1) is 9.98. The second-order valence-corrected chi connectivity index (χ2v) is 4.77. The van der Waals surface area contributed by atoms with Crippen LogP contribution in [0.5, 0.6) is 5.75 Å². The van der Waals surface area contributed by atoms with Crippen LogP contribution >= 0.6 is 0 Å². The zero-order chi connectivity index (χ0) is 15.3. The molecule has 0 amide bonds. The van der Waals surface area contributed by atoms with Crippen molar-refractivity contribution in [1.82, 2.24) is 5.32 Å². The van der Waals surface area contributed by atoms with Crippen LogP contribution in [0, 0.1) is 12.3 Å². The number of halogens is 3. The van der Waals surface area contributed by atoms with Gasteiger partial charge in [0.1, 0.15) is 5.75 Å². The van der Waals surface area contributed by atoms with E-state index in [1.165, 1.54) is 18.2 Å². The minimum Gasteiger partial charge on any atom is -0.406 e. The monoisotopic (exact) mass is 299 g/mol. The Morgan fingerprint density at radius 1 is 1.48 bits per heavy atom. The molecule has 114 valence electrons. The fraction of sp³-hybridized carbons (Fsp3) is 0.467. The van der Waals surface area contributed by atoms with E-state index in [0.717, 1.165) is 12.8 Å². The lowest BCUT2D eigenvalue weighted by molar-refractivity contribution is -0.274. The molecule has 0 unspecified atom stereocenters. The Hall–Kier alpha value is -1.71. The van der Waals surface area contributed by atoms with E-state index in [1.54, 1.807) is 6.07 Å². The van der Waals surface area contributed by atoms with E-state index in [1.807, 2.05) is 0 Å². The Balaban J connectivity index is 1.93. The zero-order valence-corrected chi connectivity index (χ0v) is 11.3. The van der Waals surface area contributed by atoms with Crippen LogP contribution in [-0.4, -0.2) is 25.1 Å². The van der Waals surface area contributed by atoms with Crippen molar-refractivity contribution in [2.24, 2.45) is 0 Å². The second kappa shape index (κ2) is 6.83. The lowest BCUT2D eigenvalue weighted by Crippen LogP contribution is -2.37. The lowest BCUT2D eigenvalue weighted by atomic mass is 10.1. The van der Waals surface area contributed by atoms with Crippen molar-refractivity contribution in [1.29, 1.82) is 0 Å². The van der Waals surface area contributed by atoms with E-state index < -0.39 is 6.36 Å². The van der Waals surface area contributed by atoms with Crippen molar-refractivity contribution in [3.05, 3.63) is 29.8 Å². The SMILES string of the molecule is C#C[C@H](NCc1cccc(OC(F)(F)F)c1)[C@@H]1CCCO1. The van der Waals surface area contributed by atoms with Gasteiger partial charge in [0, 0.05) is 13.2 Å². The number of alkyl halides is 3. The largest absolute Gasteiger partial charge is 0.573 e.